The van der Waals surface area contributed by atoms with Gasteiger partial charge in [-0.15, -0.1) is 12.4 Å². The molecule has 0 aliphatic carbocycles. The van der Waals surface area contributed by atoms with Crippen LogP contribution in [0.5, 0.6) is 0 Å². The zero-order chi connectivity index (χ0) is 23.2. The van der Waals surface area contributed by atoms with Crippen molar-refractivity contribution in [2.24, 2.45) is 5.92 Å². The maximum Gasteiger partial charge on any atom is 0.266 e. The molecular weight excluding hydrogens is 444 g/mol. The Morgan fingerprint density at radius 2 is 1.65 bits per heavy atom. The first-order valence-corrected chi connectivity index (χ1v) is 12.1. The Morgan fingerprint density at radius 1 is 0.971 bits per heavy atom. The van der Waals surface area contributed by atoms with Gasteiger partial charge >= 0.3 is 0 Å². The number of hydrogen-bond donors (Lipinski definition) is 0. The first-order chi connectivity index (χ1) is 16.0. The molecule has 2 aliphatic heterocycles. The van der Waals surface area contributed by atoms with Gasteiger partial charge in [-0.2, -0.15) is 5.26 Å². The highest BCUT2D eigenvalue weighted by molar-refractivity contribution is 5.97. The predicted molar refractivity (Wildman–Crippen MR) is 140 cm³/mol. The maximum atomic E-state index is 13.0. The summed E-state index contributed by atoms with van der Waals surface area (Å²) in [5, 5.41) is 9.70. The predicted octanol–water partition coefficient (Wildman–Crippen LogP) is 4.74. The zero-order valence-electron chi connectivity index (χ0n) is 20.2. The van der Waals surface area contributed by atoms with Gasteiger partial charge in [0.1, 0.15) is 11.6 Å². The number of piperazine rings is 1. The summed E-state index contributed by atoms with van der Waals surface area (Å²) in [5.41, 5.74) is 5.54. The van der Waals surface area contributed by atoms with Crippen molar-refractivity contribution in [2.75, 3.05) is 44.2 Å². The number of piperidine rings is 1. The number of amides is 1. The fourth-order valence-electron chi connectivity index (χ4n) is 4.94. The number of halogens is 1. The molecule has 2 saturated heterocycles. The highest BCUT2D eigenvalue weighted by atomic mass is 35.5. The molecule has 5 nitrogen and oxygen atoms in total. The fraction of sp³-hybridized carbons (Fsp3) is 0.429. The Morgan fingerprint density at radius 3 is 2.29 bits per heavy atom. The second kappa shape index (κ2) is 11.9. The molecule has 0 saturated carbocycles. The van der Waals surface area contributed by atoms with E-state index in [-0.39, 0.29) is 23.9 Å². The molecule has 4 rings (SSSR count). The standard InChI is InChI=1S/C28H34N4O.ClH/c1-22-7-6-10-27(23(22)2)31-17-15-30(16-18-31)21-26(20-29)28(33)32-13-11-25(12-14-32)19-24-8-4-3-5-9-24;/h3-10,21,25H,11-19H2,1-2H3;1H/b26-21-;. The molecule has 0 atom stereocenters. The number of hydrogen-bond acceptors (Lipinski definition) is 4. The van der Waals surface area contributed by atoms with Crippen molar-refractivity contribution in [1.82, 2.24) is 9.80 Å². The van der Waals surface area contributed by atoms with E-state index < -0.39 is 0 Å². The van der Waals surface area contributed by atoms with Crippen LogP contribution in [0.3, 0.4) is 0 Å². The Kier molecular flexibility index (Phi) is 9.01. The van der Waals surface area contributed by atoms with Crippen LogP contribution in [0.15, 0.2) is 60.3 Å². The first-order valence-electron chi connectivity index (χ1n) is 12.1. The molecule has 0 spiro atoms. The lowest BCUT2D eigenvalue weighted by Crippen LogP contribution is -2.45. The number of anilines is 1. The van der Waals surface area contributed by atoms with E-state index >= 15 is 0 Å². The van der Waals surface area contributed by atoms with E-state index in [1.54, 1.807) is 6.20 Å². The second-order valence-corrected chi connectivity index (χ2v) is 9.32. The molecule has 2 fully saturated rings. The van der Waals surface area contributed by atoms with E-state index in [4.69, 9.17) is 0 Å². The molecule has 1 amide bonds. The summed E-state index contributed by atoms with van der Waals surface area (Å²) in [7, 11) is 0. The number of carbonyl (C=O) groups excluding carboxylic acids is 1. The van der Waals surface area contributed by atoms with E-state index in [2.05, 4.69) is 72.2 Å². The van der Waals surface area contributed by atoms with Crippen LogP contribution in [0.1, 0.15) is 29.5 Å². The Balaban J connectivity index is 0.00000324. The normalized spacial score (nSPS) is 17.2. The maximum absolute atomic E-state index is 13.0. The van der Waals surface area contributed by atoms with Crippen molar-refractivity contribution in [3.8, 4) is 6.07 Å². The third-order valence-corrected chi connectivity index (χ3v) is 7.16. The molecule has 180 valence electrons. The fourth-order valence-corrected chi connectivity index (χ4v) is 4.94. The number of likely N-dealkylation sites (tertiary alicyclic amines) is 1. The Hall–Kier alpha value is -2.97. The molecule has 6 heteroatoms. The summed E-state index contributed by atoms with van der Waals surface area (Å²) in [5.74, 6) is 0.483. The smallest absolute Gasteiger partial charge is 0.266 e. The number of nitriles is 1. The van der Waals surface area contributed by atoms with Gasteiger partial charge in [0.15, 0.2) is 0 Å². The van der Waals surface area contributed by atoms with Gasteiger partial charge in [0.2, 0.25) is 0 Å². The summed E-state index contributed by atoms with van der Waals surface area (Å²) in [4.78, 5) is 19.4. The van der Waals surface area contributed by atoms with Crippen molar-refractivity contribution in [3.63, 3.8) is 0 Å². The van der Waals surface area contributed by atoms with Crippen molar-refractivity contribution in [2.45, 2.75) is 33.1 Å². The van der Waals surface area contributed by atoms with Crippen LogP contribution in [-0.2, 0) is 11.2 Å². The number of rotatable bonds is 5. The van der Waals surface area contributed by atoms with Gasteiger partial charge in [-0.25, -0.2) is 0 Å². The number of aryl methyl sites for hydroxylation is 1. The number of carbonyl (C=O) groups is 1. The molecule has 2 aromatic rings. The van der Waals surface area contributed by atoms with Crippen LogP contribution < -0.4 is 4.90 Å². The van der Waals surface area contributed by atoms with Crippen LogP contribution in [-0.4, -0.2) is 55.0 Å². The highest BCUT2D eigenvalue weighted by Crippen LogP contribution is 2.25. The molecule has 2 heterocycles. The minimum atomic E-state index is -0.118. The largest absolute Gasteiger partial charge is 0.373 e. The summed E-state index contributed by atoms with van der Waals surface area (Å²) >= 11 is 0. The second-order valence-electron chi connectivity index (χ2n) is 9.32. The van der Waals surface area contributed by atoms with Gasteiger partial charge < -0.3 is 14.7 Å². The van der Waals surface area contributed by atoms with Gasteiger partial charge in [-0.1, -0.05) is 42.5 Å². The van der Waals surface area contributed by atoms with E-state index in [1.165, 1.54) is 22.4 Å². The third-order valence-electron chi connectivity index (χ3n) is 7.16. The lowest BCUT2D eigenvalue weighted by atomic mass is 9.90. The molecule has 2 aromatic carbocycles. The monoisotopic (exact) mass is 478 g/mol. The van der Waals surface area contributed by atoms with Gasteiger partial charge in [0.25, 0.3) is 5.91 Å². The summed E-state index contributed by atoms with van der Waals surface area (Å²) in [6.45, 7) is 9.18. The van der Waals surface area contributed by atoms with Crippen molar-refractivity contribution >= 4 is 24.0 Å². The SMILES string of the molecule is Cc1cccc(N2CCN(/C=C(/C#N)C(=O)N3CCC(Cc4ccccc4)CC3)CC2)c1C.Cl. The van der Waals surface area contributed by atoms with Crippen molar-refractivity contribution in [3.05, 3.63) is 77.0 Å². The third kappa shape index (κ3) is 6.12. The van der Waals surface area contributed by atoms with Crippen LogP contribution >= 0.6 is 12.4 Å². The molecular formula is C28H35ClN4O. The van der Waals surface area contributed by atoms with Gasteiger partial charge in [-0.3, -0.25) is 4.79 Å². The van der Waals surface area contributed by atoms with Crippen molar-refractivity contribution < 1.29 is 4.79 Å². The van der Waals surface area contributed by atoms with Gasteiger partial charge in [0, 0.05) is 51.2 Å². The van der Waals surface area contributed by atoms with Crippen LogP contribution in [0.4, 0.5) is 5.69 Å². The minimum Gasteiger partial charge on any atom is -0.373 e. The zero-order valence-corrected chi connectivity index (χ0v) is 21.1. The molecule has 0 bridgehead atoms. The quantitative estimate of drug-likeness (QED) is 0.460. The summed E-state index contributed by atoms with van der Waals surface area (Å²) < 4.78 is 0. The van der Waals surface area contributed by atoms with E-state index in [1.807, 2.05) is 11.0 Å². The highest BCUT2D eigenvalue weighted by Gasteiger charge is 2.26. The van der Waals surface area contributed by atoms with Crippen LogP contribution in [0.2, 0.25) is 0 Å². The average Bonchev–Trinajstić information content (AvgIpc) is 2.85. The van der Waals surface area contributed by atoms with E-state index in [0.29, 0.717) is 5.92 Å². The molecule has 2 aliphatic rings. The van der Waals surface area contributed by atoms with Gasteiger partial charge in [0.05, 0.1) is 0 Å². The molecule has 0 N–H and O–H groups in total. The van der Waals surface area contributed by atoms with Crippen LogP contribution in [0.25, 0.3) is 0 Å². The molecule has 0 unspecified atom stereocenters. The lowest BCUT2D eigenvalue weighted by molar-refractivity contribution is -0.128. The van der Waals surface area contributed by atoms with Gasteiger partial charge in [-0.05, 0) is 61.8 Å². The summed E-state index contributed by atoms with van der Waals surface area (Å²) in [6, 6.07) is 19.2. The lowest BCUT2D eigenvalue weighted by Gasteiger charge is -2.37. The van der Waals surface area contributed by atoms with E-state index in [0.717, 1.165) is 58.5 Å². The topological polar surface area (TPSA) is 50.6 Å². The number of benzene rings is 2. The number of nitrogens with zero attached hydrogens (tertiary/aromatic N) is 4. The molecule has 34 heavy (non-hydrogen) atoms. The molecule has 0 aromatic heterocycles. The first kappa shape index (κ1) is 25.6. The Bertz CT molecular complexity index is 1030. The van der Waals surface area contributed by atoms with Crippen molar-refractivity contribution in [1.29, 1.82) is 5.26 Å². The Labute approximate surface area is 210 Å². The summed E-state index contributed by atoms with van der Waals surface area (Å²) in [6.07, 6.45) is 4.84. The molecule has 0 radical (unpaired) electrons. The average molecular weight is 479 g/mol. The van der Waals surface area contributed by atoms with E-state index in [9.17, 15) is 10.1 Å². The minimum absolute atomic E-state index is 0. The van der Waals surface area contributed by atoms with Crippen LogP contribution in [0, 0.1) is 31.1 Å².